The number of likely N-dealkylation sites (N-methyl/N-ethyl adjacent to an activating group) is 1. The van der Waals surface area contributed by atoms with Crippen LogP contribution in [-0.2, 0) is 11.2 Å². The van der Waals surface area contributed by atoms with Crippen molar-refractivity contribution in [3.63, 3.8) is 0 Å². The molecule has 1 aromatic heterocycles. The molecule has 0 atom stereocenters. The lowest BCUT2D eigenvalue weighted by molar-refractivity contribution is -0.124. The molecule has 4 heteroatoms. The Bertz CT molecular complexity index is 608. The van der Waals surface area contributed by atoms with Gasteiger partial charge in [0.2, 0.25) is 5.91 Å². The number of benzene rings is 1. The summed E-state index contributed by atoms with van der Waals surface area (Å²) >= 11 is 5.82. The smallest absolute Gasteiger partial charge is 0.246 e. The Morgan fingerprint density at radius 1 is 1.24 bits per heavy atom. The number of pyridine rings is 1. The van der Waals surface area contributed by atoms with Crippen molar-refractivity contribution in [2.45, 2.75) is 6.42 Å². The summed E-state index contributed by atoms with van der Waals surface area (Å²) in [6, 6.07) is 13.1. The van der Waals surface area contributed by atoms with E-state index >= 15 is 0 Å². The third-order valence-electron chi connectivity index (χ3n) is 3.09. The first-order valence-corrected chi connectivity index (χ1v) is 7.11. The molecule has 2 rings (SSSR count). The molecule has 1 aromatic carbocycles. The van der Waals surface area contributed by atoms with Gasteiger partial charge in [-0.25, -0.2) is 0 Å². The van der Waals surface area contributed by atoms with Crippen LogP contribution in [0.2, 0.25) is 5.02 Å². The summed E-state index contributed by atoms with van der Waals surface area (Å²) in [6.07, 6.45) is 5.87. The van der Waals surface area contributed by atoms with Crippen LogP contribution >= 0.6 is 11.6 Å². The first-order valence-electron chi connectivity index (χ1n) is 6.74. The Hall–Kier alpha value is -2.13. The minimum atomic E-state index is -0.0270. The second kappa shape index (κ2) is 7.60. The van der Waals surface area contributed by atoms with E-state index in [1.54, 1.807) is 42.4 Å². The van der Waals surface area contributed by atoms with Crippen molar-refractivity contribution in [3.05, 3.63) is 71.0 Å². The second-order valence-electron chi connectivity index (χ2n) is 4.72. The standard InChI is InChI=1S/C17H17ClN2O/c1-20(13-11-16-4-2-3-12-19-16)17(21)10-7-14-5-8-15(18)9-6-14/h2-10,12H,11,13H2,1H3. The van der Waals surface area contributed by atoms with E-state index in [1.807, 2.05) is 30.3 Å². The van der Waals surface area contributed by atoms with Crippen LogP contribution in [0.1, 0.15) is 11.3 Å². The van der Waals surface area contributed by atoms with Crippen molar-refractivity contribution in [1.29, 1.82) is 0 Å². The predicted molar refractivity (Wildman–Crippen MR) is 86.1 cm³/mol. The van der Waals surface area contributed by atoms with Gasteiger partial charge in [0.25, 0.3) is 0 Å². The lowest BCUT2D eigenvalue weighted by Crippen LogP contribution is -2.27. The maximum absolute atomic E-state index is 12.0. The Morgan fingerprint density at radius 2 is 2.00 bits per heavy atom. The highest BCUT2D eigenvalue weighted by atomic mass is 35.5. The van der Waals surface area contributed by atoms with Gasteiger partial charge in [0.15, 0.2) is 0 Å². The molecule has 0 saturated heterocycles. The van der Waals surface area contributed by atoms with Gasteiger partial charge in [0.1, 0.15) is 0 Å². The fourth-order valence-corrected chi connectivity index (χ4v) is 1.93. The van der Waals surface area contributed by atoms with E-state index in [4.69, 9.17) is 11.6 Å². The Balaban J connectivity index is 1.86. The average molecular weight is 301 g/mol. The van der Waals surface area contributed by atoms with Gasteiger partial charge in [0.05, 0.1) is 0 Å². The lowest BCUT2D eigenvalue weighted by atomic mass is 10.2. The Kier molecular flexibility index (Phi) is 5.52. The van der Waals surface area contributed by atoms with Crippen molar-refractivity contribution in [1.82, 2.24) is 9.88 Å². The zero-order valence-corrected chi connectivity index (χ0v) is 12.6. The molecular formula is C17H17ClN2O. The van der Waals surface area contributed by atoms with Crippen LogP contribution in [0.5, 0.6) is 0 Å². The monoisotopic (exact) mass is 300 g/mol. The van der Waals surface area contributed by atoms with Gasteiger partial charge >= 0.3 is 0 Å². The maximum Gasteiger partial charge on any atom is 0.246 e. The highest BCUT2D eigenvalue weighted by Gasteiger charge is 2.05. The van der Waals surface area contributed by atoms with Gasteiger partial charge < -0.3 is 4.90 Å². The molecule has 0 N–H and O–H groups in total. The van der Waals surface area contributed by atoms with Gasteiger partial charge in [-0.3, -0.25) is 9.78 Å². The van der Waals surface area contributed by atoms with E-state index in [-0.39, 0.29) is 5.91 Å². The third-order valence-corrected chi connectivity index (χ3v) is 3.35. The van der Waals surface area contributed by atoms with Gasteiger partial charge in [-0.05, 0) is 35.9 Å². The number of halogens is 1. The zero-order valence-electron chi connectivity index (χ0n) is 11.9. The summed E-state index contributed by atoms with van der Waals surface area (Å²) in [7, 11) is 1.79. The van der Waals surface area contributed by atoms with Crippen molar-refractivity contribution in [2.24, 2.45) is 0 Å². The number of aromatic nitrogens is 1. The van der Waals surface area contributed by atoms with E-state index in [2.05, 4.69) is 4.98 Å². The van der Waals surface area contributed by atoms with Crippen LogP contribution < -0.4 is 0 Å². The molecule has 0 unspecified atom stereocenters. The summed E-state index contributed by atoms with van der Waals surface area (Å²) in [5.74, 6) is -0.0270. The van der Waals surface area contributed by atoms with Crippen molar-refractivity contribution in [3.8, 4) is 0 Å². The molecule has 0 radical (unpaired) electrons. The number of nitrogens with zero attached hydrogens (tertiary/aromatic N) is 2. The van der Waals surface area contributed by atoms with Gasteiger partial charge in [0, 0.05) is 43.0 Å². The summed E-state index contributed by atoms with van der Waals surface area (Å²) in [4.78, 5) is 17.9. The van der Waals surface area contributed by atoms with Crippen LogP contribution in [0.4, 0.5) is 0 Å². The average Bonchev–Trinajstić information content (AvgIpc) is 2.52. The van der Waals surface area contributed by atoms with Crippen LogP contribution in [0.3, 0.4) is 0 Å². The molecule has 21 heavy (non-hydrogen) atoms. The normalized spacial score (nSPS) is 10.8. The number of carbonyl (C=O) groups is 1. The quantitative estimate of drug-likeness (QED) is 0.792. The molecule has 0 aliphatic rings. The largest absolute Gasteiger partial charge is 0.342 e. The van der Waals surface area contributed by atoms with Crippen LogP contribution in [0, 0.1) is 0 Å². The number of hydrogen-bond donors (Lipinski definition) is 0. The van der Waals surface area contributed by atoms with E-state index < -0.39 is 0 Å². The topological polar surface area (TPSA) is 33.2 Å². The van der Waals surface area contributed by atoms with Crippen LogP contribution in [0.15, 0.2) is 54.7 Å². The lowest BCUT2D eigenvalue weighted by Gasteiger charge is -2.14. The Morgan fingerprint density at radius 3 is 2.67 bits per heavy atom. The molecule has 0 aliphatic carbocycles. The summed E-state index contributed by atoms with van der Waals surface area (Å²) in [6.45, 7) is 0.640. The van der Waals surface area contributed by atoms with Crippen LogP contribution in [-0.4, -0.2) is 29.4 Å². The van der Waals surface area contributed by atoms with E-state index in [1.165, 1.54) is 0 Å². The van der Waals surface area contributed by atoms with Crippen LogP contribution in [0.25, 0.3) is 6.08 Å². The molecule has 0 saturated carbocycles. The Labute approximate surface area is 129 Å². The van der Waals surface area contributed by atoms with Crippen molar-refractivity contribution < 1.29 is 4.79 Å². The molecule has 0 bridgehead atoms. The zero-order chi connectivity index (χ0) is 15.1. The molecule has 3 nitrogen and oxygen atoms in total. The third kappa shape index (κ3) is 5.04. The molecule has 0 fully saturated rings. The first kappa shape index (κ1) is 15.3. The van der Waals surface area contributed by atoms with E-state index in [9.17, 15) is 4.79 Å². The second-order valence-corrected chi connectivity index (χ2v) is 5.15. The molecule has 0 spiro atoms. The SMILES string of the molecule is CN(CCc1ccccn1)C(=O)C=Cc1ccc(Cl)cc1. The summed E-state index contributed by atoms with van der Waals surface area (Å²) in [5.41, 5.74) is 1.93. The highest BCUT2D eigenvalue weighted by Crippen LogP contribution is 2.10. The molecule has 0 aliphatic heterocycles. The van der Waals surface area contributed by atoms with Gasteiger partial charge in [-0.1, -0.05) is 29.8 Å². The van der Waals surface area contributed by atoms with E-state index in [0.717, 1.165) is 17.7 Å². The number of hydrogen-bond acceptors (Lipinski definition) is 2. The maximum atomic E-state index is 12.0. The predicted octanol–water partition coefficient (Wildman–Crippen LogP) is 3.45. The minimum absolute atomic E-state index is 0.0270. The molecule has 1 amide bonds. The molecule has 108 valence electrons. The van der Waals surface area contributed by atoms with Gasteiger partial charge in [-0.2, -0.15) is 0 Å². The number of rotatable bonds is 5. The molecular weight excluding hydrogens is 284 g/mol. The summed E-state index contributed by atoms with van der Waals surface area (Å²) in [5, 5.41) is 0.686. The first-order chi connectivity index (χ1) is 10.1. The fourth-order valence-electron chi connectivity index (χ4n) is 1.81. The fraction of sp³-hybridized carbons (Fsp3) is 0.176. The molecule has 1 heterocycles. The van der Waals surface area contributed by atoms with Gasteiger partial charge in [-0.15, -0.1) is 0 Å². The highest BCUT2D eigenvalue weighted by molar-refractivity contribution is 6.30. The summed E-state index contributed by atoms with van der Waals surface area (Å²) < 4.78 is 0. The number of carbonyl (C=O) groups excluding carboxylic acids is 1. The van der Waals surface area contributed by atoms with Crippen molar-refractivity contribution >= 4 is 23.6 Å². The van der Waals surface area contributed by atoms with E-state index in [0.29, 0.717) is 11.6 Å². The minimum Gasteiger partial charge on any atom is -0.342 e. The number of amides is 1. The molecule has 2 aromatic rings. The van der Waals surface area contributed by atoms with Crippen molar-refractivity contribution in [2.75, 3.05) is 13.6 Å².